The highest BCUT2D eigenvalue weighted by atomic mass is 32.1. The average Bonchev–Trinajstić information content (AvgIpc) is 4.01. The van der Waals surface area contributed by atoms with Gasteiger partial charge in [0.15, 0.2) is 5.67 Å². The zero-order chi connectivity index (χ0) is 52.6. The highest BCUT2D eigenvalue weighted by Crippen LogP contribution is 2.46. The molecular formula is C55H70FN9O8S. The number of carbonyl (C=O) groups excluding carboxylic acids is 5. The molecule has 5 aliphatic heterocycles. The van der Waals surface area contributed by atoms with Crippen molar-refractivity contribution < 1.29 is 42.6 Å². The first-order chi connectivity index (χ1) is 35.4. The molecule has 4 aromatic rings. The molecule has 74 heavy (non-hydrogen) atoms. The van der Waals surface area contributed by atoms with Gasteiger partial charge in [-0.3, -0.25) is 34.0 Å². The lowest BCUT2D eigenvalue weighted by Crippen LogP contribution is -2.63. The Labute approximate surface area is 436 Å². The van der Waals surface area contributed by atoms with Crippen LogP contribution in [0.2, 0.25) is 0 Å². The zero-order valence-electron chi connectivity index (χ0n) is 44.0. The number of hydrogen-bond acceptors (Lipinski definition) is 13. The van der Waals surface area contributed by atoms with Gasteiger partial charge in [-0.1, -0.05) is 33.6 Å². The number of fused-ring (bicyclic) bond motifs is 6. The van der Waals surface area contributed by atoms with Crippen LogP contribution in [0.25, 0.3) is 33.4 Å². The van der Waals surface area contributed by atoms with Crippen LogP contribution in [-0.4, -0.2) is 149 Å². The number of amides is 4. The number of alkyl halides is 1. The number of rotatable bonds is 9. The Kier molecular flexibility index (Phi) is 15.5. The number of nitrogens with zero attached hydrogens (tertiary/aromatic N) is 7. The first-order valence-electron chi connectivity index (χ1n) is 26.1. The van der Waals surface area contributed by atoms with E-state index >= 15 is 4.39 Å². The molecule has 5 aliphatic rings. The summed E-state index contributed by atoms with van der Waals surface area (Å²) in [6, 6.07) is 3.51. The monoisotopic (exact) mass is 1040 g/mol. The van der Waals surface area contributed by atoms with Gasteiger partial charge in [0.1, 0.15) is 18.1 Å². The lowest BCUT2D eigenvalue weighted by atomic mass is 9.84. The van der Waals surface area contributed by atoms with Gasteiger partial charge in [0.05, 0.1) is 65.4 Å². The lowest BCUT2D eigenvalue weighted by molar-refractivity contribution is -0.156. The number of piperidine rings is 1. The van der Waals surface area contributed by atoms with Crippen LogP contribution in [0, 0.1) is 23.2 Å². The molecule has 0 saturated carbocycles. The number of methoxy groups -OCH3 is 1. The summed E-state index contributed by atoms with van der Waals surface area (Å²) in [6.45, 7) is 15.3. The molecule has 4 amide bonds. The van der Waals surface area contributed by atoms with Crippen molar-refractivity contribution in [3.63, 3.8) is 0 Å². The van der Waals surface area contributed by atoms with Crippen LogP contribution in [0.3, 0.4) is 0 Å². The summed E-state index contributed by atoms with van der Waals surface area (Å²) < 4.78 is 36.9. The molecule has 2 N–H and O–H groups in total. The van der Waals surface area contributed by atoms with E-state index < -0.39 is 64.7 Å². The van der Waals surface area contributed by atoms with Gasteiger partial charge in [-0.15, -0.1) is 11.3 Å². The number of ether oxygens (including phenoxy) is 3. The number of halogens is 1. The molecular weight excluding hydrogens is 966 g/mol. The van der Waals surface area contributed by atoms with E-state index in [2.05, 4.69) is 64.1 Å². The largest absolute Gasteiger partial charge is 0.464 e. The molecule has 4 atom stereocenters. The van der Waals surface area contributed by atoms with Gasteiger partial charge in [-0.05, 0) is 87.1 Å². The quantitative estimate of drug-likeness (QED) is 0.152. The van der Waals surface area contributed by atoms with Gasteiger partial charge < -0.3 is 38.8 Å². The Bertz CT molecular complexity index is 2870. The predicted molar refractivity (Wildman–Crippen MR) is 280 cm³/mol. The Hall–Kier alpha value is -5.94. The third-order valence-electron chi connectivity index (χ3n) is 15.4. The maximum Gasteiger partial charge on any atom is 0.324 e. The van der Waals surface area contributed by atoms with E-state index in [0.29, 0.717) is 37.5 Å². The van der Waals surface area contributed by atoms with E-state index in [1.54, 1.807) is 27.9 Å². The van der Waals surface area contributed by atoms with Crippen LogP contribution in [0.4, 0.5) is 10.1 Å². The van der Waals surface area contributed by atoms with Crippen LogP contribution in [0.1, 0.15) is 102 Å². The number of aryl methyl sites for hydroxylation is 2. The number of anilines is 1. The van der Waals surface area contributed by atoms with Gasteiger partial charge in [-0.25, -0.2) is 14.8 Å². The third-order valence-corrected chi connectivity index (χ3v) is 16.2. The molecule has 0 aliphatic carbocycles. The second-order valence-electron chi connectivity index (χ2n) is 21.6. The van der Waals surface area contributed by atoms with Crippen molar-refractivity contribution in [2.75, 3.05) is 71.6 Å². The first-order valence-corrected chi connectivity index (χ1v) is 27.0. The third kappa shape index (κ3) is 10.6. The normalized spacial score (nSPS) is 21.8. The Balaban J connectivity index is 1.10. The number of cyclic esters (lactones) is 1. The molecule has 0 spiro atoms. The smallest absolute Gasteiger partial charge is 0.324 e. The maximum absolute atomic E-state index is 16.6. The molecule has 0 radical (unpaired) electrons. The average molecular weight is 1040 g/mol. The minimum absolute atomic E-state index is 0.00455. The molecule has 3 fully saturated rings. The minimum Gasteiger partial charge on any atom is -0.464 e. The first kappa shape index (κ1) is 52.9. The molecule has 396 valence electrons. The van der Waals surface area contributed by atoms with E-state index in [4.69, 9.17) is 24.2 Å². The molecule has 3 aromatic heterocycles. The fourth-order valence-corrected chi connectivity index (χ4v) is 12.3. The Morgan fingerprint density at radius 3 is 2.51 bits per heavy atom. The number of pyridine rings is 1. The Morgan fingerprint density at radius 2 is 1.80 bits per heavy atom. The van der Waals surface area contributed by atoms with Gasteiger partial charge in [0.2, 0.25) is 5.91 Å². The number of thiazole rings is 1. The topological polar surface area (TPSA) is 181 Å². The number of likely N-dealkylation sites (tertiary alicyclic amines) is 1. The minimum atomic E-state index is -2.31. The number of hydrogen-bond donors (Lipinski definition) is 2. The molecule has 6 bridgehead atoms. The second kappa shape index (κ2) is 21.7. The number of nitrogens with one attached hydrogen (secondary N) is 2. The number of esters is 1. The van der Waals surface area contributed by atoms with Crippen molar-refractivity contribution in [1.29, 1.82) is 0 Å². The number of aromatic nitrogens is 3. The molecule has 8 heterocycles. The molecule has 1 aromatic carbocycles. The number of likely N-dealkylation sites (N-methyl/N-ethyl adjacent to an activating group) is 1. The number of benzene rings is 1. The number of hydrazine groups is 1. The van der Waals surface area contributed by atoms with Gasteiger partial charge in [-0.2, -0.15) is 0 Å². The maximum atomic E-state index is 16.6. The van der Waals surface area contributed by atoms with Crippen molar-refractivity contribution >= 4 is 57.5 Å². The van der Waals surface area contributed by atoms with E-state index in [0.717, 1.165) is 87.7 Å². The summed E-state index contributed by atoms with van der Waals surface area (Å²) in [6.07, 6.45) is 4.41. The number of morpholine rings is 1. The van der Waals surface area contributed by atoms with Crippen molar-refractivity contribution in [3.8, 4) is 34.4 Å². The highest BCUT2D eigenvalue weighted by Gasteiger charge is 2.47. The van der Waals surface area contributed by atoms with Gasteiger partial charge in [0.25, 0.3) is 17.7 Å². The summed E-state index contributed by atoms with van der Waals surface area (Å²) in [5, 5.41) is 8.00. The summed E-state index contributed by atoms with van der Waals surface area (Å²) in [4.78, 5) is 85.1. The highest BCUT2D eigenvalue weighted by molar-refractivity contribution is 7.10. The summed E-state index contributed by atoms with van der Waals surface area (Å²) in [7, 11) is 3.11. The Morgan fingerprint density at radius 1 is 1.04 bits per heavy atom. The molecule has 17 nitrogen and oxygen atoms in total. The van der Waals surface area contributed by atoms with Crippen LogP contribution in [-0.2, 0) is 64.0 Å². The van der Waals surface area contributed by atoms with Crippen LogP contribution in [0.5, 0.6) is 0 Å². The van der Waals surface area contributed by atoms with Crippen molar-refractivity contribution in [1.82, 2.24) is 40.1 Å². The summed E-state index contributed by atoms with van der Waals surface area (Å²) in [5.74, 6) is 1.65. The van der Waals surface area contributed by atoms with Crippen LogP contribution < -0.4 is 15.6 Å². The predicted octanol–water partition coefficient (Wildman–Crippen LogP) is 5.80. The second-order valence-corrected chi connectivity index (χ2v) is 22.6. The summed E-state index contributed by atoms with van der Waals surface area (Å²) in [5.41, 5.74) is 9.29. The van der Waals surface area contributed by atoms with Crippen LogP contribution >= 0.6 is 11.3 Å². The van der Waals surface area contributed by atoms with E-state index in [9.17, 15) is 24.0 Å². The molecule has 3 saturated heterocycles. The van der Waals surface area contributed by atoms with E-state index in [1.807, 2.05) is 18.5 Å². The van der Waals surface area contributed by atoms with Crippen LogP contribution in [0.15, 0.2) is 29.8 Å². The van der Waals surface area contributed by atoms with Crippen molar-refractivity contribution in [2.24, 2.45) is 11.3 Å². The van der Waals surface area contributed by atoms with Gasteiger partial charge >= 0.3 is 5.97 Å². The van der Waals surface area contributed by atoms with Gasteiger partial charge in [0, 0.05) is 100.0 Å². The fourth-order valence-electron chi connectivity index (χ4n) is 11.4. The molecule has 0 unspecified atom stereocenters. The van der Waals surface area contributed by atoms with Crippen molar-refractivity contribution in [2.45, 2.75) is 129 Å². The molecule has 9 rings (SSSR count). The zero-order valence-corrected chi connectivity index (χ0v) is 44.8. The number of carbonyl (C=O) groups is 5. The molecule has 19 heteroatoms. The fraction of sp³-hybridized carbons (Fsp3) is 0.582. The summed E-state index contributed by atoms with van der Waals surface area (Å²) >= 11 is 1.38. The lowest BCUT2D eigenvalue weighted by Gasteiger charge is -2.40. The van der Waals surface area contributed by atoms with E-state index in [1.165, 1.54) is 33.9 Å². The van der Waals surface area contributed by atoms with E-state index in [-0.39, 0.29) is 51.6 Å². The van der Waals surface area contributed by atoms with Crippen molar-refractivity contribution in [3.05, 3.63) is 51.6 Å². The SMILES string of the molecule is CC#CC(=O)N1CCC(F)(C(=O)N(C)[C@H](C(=O)N[C@H]2Cc3nc(cs3)-c3cc4c5c(c3)c(c(-c3cc(N6CCOCC6)cnc3[C@H](C)OC)n5CCC4)CC(C)(C)COC(=O)[C@@H]3CCCN(N3)C2=O)C(C)C)CC1. The standard InChI is InChI=1S/C55H70FN9O8S/c1-9-12-45(66)63-19-15-55(56,16-20-63)53(70)61(7)47(33(2)3)50(67)59-42-28-44-58-43(31-74-44)36-25-35-13-10-17-64-48(35)38(26-36)40(29-54(5,6)32-73-52(69)41-14-11-18-65(60-41)51(42)68)49(64)39-27-37(62-21-23-72-24-22-62)30-57-46(39)34(4)71-8/h25-27,30-31,33-34,41-42,47,60H,10-11,13-24,28-29,32H2,1-8H3,(H,59,67)/t34-,41-,42-,47-/m0/s1.